The highest BCUT2D eigenvalue weighted by Gasteiger charge is 2.28. The minimum Gasteiger partial charge on any atom is -0.386 e. The standard InChI is InChI=1S/C13H16F2N6O/c14-5-3-12(15)2-1-4-13(22,6-20-10-16-8-18-20)7-21-11-17-9-19-21/h1-3,8-11,22H,4-7H2/b2-1-,12-3+. The lowest BCUT2D eigenvalue weighted by atomic mass is 9.99. The van der Waals surface area contributed by atoms with Gasteiger partial charge in [0.15, 0.2) is 0 Å². The highest BCUT2D eigenvalue weighted by Crippen LogP contribution is 2.17. The van der Waals surface area contributed by atoms with Crippen molar-refractivity contribution in [3.05, 3.63) is 49.4 Å². The number of alkyl halides is 1. The van der Waals surface area contributed by atoms with Crippen molar-refractivity contribution >= 4 is 0 Å². The summed E-state index contributed by atoms with van der Waals surface area (Å²) in [4.78, 5) is 7.63. The van der Waals surface area contributed by atoms with Gasteiger partial charge in [-0.2, -0.15) is 10.2 Å². The summed E-state index contributed by atoms with van der Waals surface area (Å²) in [6.07, 6.45) is 9.15. The van der Waals surface area contributed by atoms with Crippen molar-refractivity contribution in [1.29, 1.82) is 0 Å². The molecule has 0 saturated heterocycles. The third kappa shape index (κ3) is 4.85. The molecule has 0 radical (unpaired) electrons. The molecule has 7 nitrogen and oxygen atoms in total. The number of hydrogen-bond acceptors (Lipinski definition) is 5. The lowest BCUT2D eigenvalue weighted by Crippen LogP contribution is -2.39. The van der Waals surface area contributed by atoms with Gasteiger partial charge in [-0.3, -0.25) is 0 Å². The zero-order valence-corrected chi connectivity index (χ0v) is 11.8. The molecule has 0 aliphatic carbocycles. The predicted molar refractivity (Wildman–Crippen MR) is 73.9 cm³/mol. The van der Waals surface area contributed by atoms with Gasteiger partial charge in [-0.25, -0.2) is 28.1 Å². The van der Waals surface area contributed by atoms with Crippen molar-refractivity contribution in [2.75, 3.05) is 6.67 Å². The van der Waals surface area contributed by atoms with Crippen molar-refractivity contribution in [3.8, 4) is 0 Å². The maximum absolute atomic E-state index is 13.1. The van der Waals surface area contributed by atoms with E-state index in [1.54, 1.807) is 0 Å². The van der Waals surface area contributed by atoms with E-state index in [9.17, 15) is 13.9 Å². The third-order valence-electron chi connectivity index (χ3n) is 2.89. The molecule has 0 fully saturated rings. The van der Waals surface area contributed by atoms with E-state index in [4.69, 9.17) is 0 Å². The molecule has 2 rings (SSSR count). The fourth-order valence-corrected chi connectivity index (χ4v) is 1.94. The van der Waals surface area contributed by atoms with Crippen LogP contribution in [0.1, 0.15) is 6.42 Å². The molecule has 0 saturated carbocycles. The summed E-state index contributed by atoms with van der Waals surface area (Å²) >= 11 is 0. The molecule has 0 atom stereocenters. The fraction of sp³-hybridized carbons (Fsp3) is 0.385. The Balaban J connectivity index is 2.08. The Hall–Kier alpha value is -2.42. The molecular formula is C13H16F2N6O. The quantitative estimate of drug-likeness (QED) is 0.738. The van der Waals surface area contributed by atoms with E-state index >= 15 is 0 Å². The normalized spacial score (nSPS) is 13.1. The van der Waals surface area contributed by atoms with Crippen LogP contribution in [-0.2, 0) is 13.1 Å². The first-order valence-corrected chi connectivity index (χ1v) is 6.57. The average molecular weight is 310 g/mol. The summed E-state index contributed by atoms with van der Waals surface area (Å²) in [5.74, 6) is -0.689. The van der Waals surface area contributed by atoms with Gasteiger partial charge in [0.05, 0.1) is 13.1 Å². The van der Waals surface area contributed by atoms with Gasteiger partial charge in [-0.1, -0.05) is 6.08 Å². The molecular weight excluding hydrogens is 294 g/mol. The second-order valence-corrected chi connectivity index (χ2v) is 4.76. The van der Waals surface area contributed by atoms with E-state index in [2.05, 4.69) is 20.2 Å². The molecule has 2 aromatic heterocycles. The van der Waals surface area contributed by atoms with Crippen LogP contribution >= 0.6 is 0 Å². The first kappa shape index (κ1) is 16.0. The van der Waals surface area contributed by atoms with Gasteiger partial charge in [-0.15, -0.1) is 0 Å². The van der Waals surface area contributed by atoms with E-state index in [1.165, 1.54) is 40.7 Å². The number of allylic oxidation sites excluding steroid dienone is 3. The van der Waals surface area contributed by atoms with Crippen LogP contribution in [0.2, 0.25) is 0 Å². The van der Waals surface area contributed by atoms with Crippen LogP contribution in [0.5, 0.6) is 0 Å². The molecule has 2 aromatic rings. The van der Waals surface area contributed by atoms with Crippen molar-refractivity contribution in [2.24, 2.45) is 0 Å². The molecule has 2 heterocycles. The van der Waals surface area contributed by atoms with E-state index in [1.807, 2.05) is 0 Å². The second kappa shape index (κ2) is 7.55. The fourth-order valence-electron chi connectivity index (χ4n) is 1.94. The van der Waals surface area contributed by atoms with Gasteiger partial charge >= 0.3 is 0 Å². The molecule has 0 bridgehead atoms. The predicted octanol–water partition coefficient (Wildman–Crippen LogP) is 1.07. The van der Waals surface area contributed by atoms with Crippen molar-refractivity contribution in [1.82, 2.24) is 29.5 Å². The lowest BCUT2D eigenvalue weighted by molar-refractivity contribution is 0.00230. The molecule has 118 valence electrons. The van der Waals surface area contributed by atoms with Gasteiger partial charge in [-0.05, 0) is 18.6 Å². The Bertz CT molecular complexity index is 572. The molecule has 0 aliphatic heterocycles. The minimum atomic E-state index is -1.27. The first-order valence-electron chi connectivity index (χ1n) is 6.57. The Labute approximate surface area is 125 Å². The summed E-state index contributed by atoms with van der Waals surface area (Å²) in [6, 6.07) is 0. The average Bonchev–Trinajstić information content (AvgIpc) is 3.12. The van der Waals surface area contributed by atoms with E-state index < -0.39 is 18.1 Å². The number of rotatable bonds is 8. The highest BCUT2D eigenvalue weighted by atomic mass is 19.1. The molecule has 0 spiro atoms. The zero-order valence-electron chi connectivity index (χ0n) is 11.8. The van der Waals surface area contributed by atoms with Crippen LogP contribution in [0.25, 0.3) is 0 Å². The highest BCUT2D eigenvalue weighted by molar-refractivity contribution is 5.11. The molecule has 22 heavy (non-hydrogen) atoms. The largest absolute Gasteiger partial charge is 0.386 e. The molecule has 0 aromatic carbocycles. The van der Waals surface area contributed by atoms with Crippen LogP contribution in [0.3, 0.4) is 0 Å². The van der Waals surface area contributed by atoms with Gasteiger partial charge in [0.2, 0.25) is 0 Å². The summed E-state index contributed by atoms with van der Waals surface area (Å²) in [5.41, 5.74) is -1.27. The van der Waals surface area contributed by atoms with Gasteiger partial charge in [0, 0.05) is 0 Å². The van der Waals surface area contributed by atoms with E-state index in [-0.39, 0.29) is 19.5 Å². The number of aromatic nitrogens is 6. The Morgan fingerprint density at radius 1 is 1.14 bits per heavy atom. The molecule has 1 N–H and O–H groups in total. The minimum absolute atomic E-state index is 0.125. The molecule has 0 amide bonds. The maximum atomic E-state index is 13.1. The molecule has 0 aliphatic rings. The monoisotopic (exact) mass is 310 g/mol. The van der Waals surface area contributed by atoms with Crippen LogP contribution in [-0.4, -0.2) is 46.9 Å². The number of halogens is 2. The zero-order chi connectivity index (χ0) is 15.8. The van der Waals surface area contributed by atoms with E-state index in [0.717, 1.165) is 12.2 Å². The Kier molecular flexibility index (Phi) is 5.48. The SMILES string of the molecule is OC(C/C=C\C(F)=C/CF)(Cn1cncn1)Cn1cncn1. The van der Waals surface area contributed by atoms with Crippen LogP contribution in [0.15, 0.2) is 49.4 Å². The topological polar surface area (TPSA) is 81.6 Å². The third-order valence-corrected chi connectivity index (χ3v) is 2.89. The summed E-state index contributed by atoms with van der Waals surface area (Å²) in [5, 5.41) is 18.6. The Morgan fingerprint density at radius 2 is 1.73 bits per heavy atom. The summed E-state index contributed by atoms with van der Waals surface area (Å²) < 4.78 is 28.0. The number of aliphatic hydroxyl groups is 1. The molecule has 0 unspecified atom stereocenters. The van der Waals surface area contributed by atoms with Crippen molar-refractivity contribution < 1.29 is 13.9 Å². The Morgan fingerprint density at radius 3 is 2.18 bits per heavy atom. The number of hydrogen-bond donors (Lipinski definition) is 1. The smallest absolute Gasteiger partial charge is 0.137 e. The lowest BCUT2D eigenvalue weighted by Gasteiger charge is -2.26. The summed E-state index contributed by atoms with van der Waals surface area (Å²) in [6.45, 7) is -0.588. The van der Waals surface area contributed by atoms with Gasteiger partial charge < -0.3 is 5.11 Å². The number of nitrogens with zero attached hydrogens (tertiary/aromatic N) is 6. The van der Waals surface area contributed by atoms with Crippen LogP contribution in [0.4, 0.5) is 8.78 Å². The van der Waals surface area contributed by atoms with Gasteiger partial charge in [0.25, 0.3) is 0 Å². The van der Waals surface area contributed by atoms with E-state index in [0.29, 0.717) is 0 Å². The maximum Gasteiger partial charge on any atom is 0.137 e. The molecule has 9 heteroatoms. The second-order valence-electron chi connectivity index (χ2n) is 4.76. The van der Waals surface area contributed by atoms with Crippen molar-refractivity contribution in [2.45, 2.75) is 25.1 Å². The van der Waals surface area contributed by atoms with Crippen molar-refractivity contribution in [3.63, 3.8) is 0 Å². The summed E-state index contributed by atoms with van der Waals surface area (Å²) in [7, 11) is 0. The van der Waals surface area contributed by atoms with Gasteiger partial charge in [0.1, 0.15) is 43.4 Å². The van der Waals surface area contributed by atoms with Crippen LogP contribution < -0.4 is 0 Å². The first-order chi connectivity index (χ1) is 10.6. The van der Waals surface area contributed by atoms with Crippen LogP contribution in [0, 0.1) is 0 Å².